The molecule has 0 aliphatic rings. The van der Waals surface area contributed by atoms with Crippen LogP contribution in [0.15, 0.2) is 33.9 Å². The fraction of sp³-hybridized carbons (Fsp3) is 0.200. The third-order valence-electron chi connectivity index (χ3n) is 2.30. The van der Waals surface area contributed by atoms with Crippen LogP contribution in [0.1, 0.15) is 5.56 Å². The SMILES string of the molecule is Cc1ccc(NS(=O)(=O)c2c(Br)nnn2C)cc1. The van der Waals surface area contributed by atoms with E-state index in [2.05, 4.69) is 31.0 Å². The first kappa shape index (κ1) is 13.0. The first-order valence-corrected chi connectivity index (χ1v) is 7.32. The van der Waals surface area contributed by atoms with Crippen LogP contribution in [-0.2, 0) is 17.1 Å². The molecule has 0 saturated carbocycles. The number of sulfonamides is 1. The minimum Gasteiger partial charge on any atom is -0.278 e. The number of aromatic nitrogens is 3. The summed E-state index contributed by atoms with van der Waals surface area (Å²) in [6, 6.07) is 7.05. The van der Waals surface area contributed by atoms with Crippen LogP contribution >= 0.6 is 15.9 Å². The van der Waals surface area contributed by atoms with Gasteiger partial charge in [0.15, 0.2) is 4.60 Å². The van der Waals surface area contributed by atoms with Gasteiger partial charge in [-0.05, 0) is 35.0 Å². The summed E-state index contributed by atoms with van der Waals surface area (Å²) >= 11 is 3.06. The van der Waals surface area contributed by atoms with E-state index in [-0.39, 0.29) is 9.63 Å². The van der Waals surface area contributed by atoms with Crippen LogP contribution in [0.2, 0.25) is 0 Å². The molecular formula is C10H11BrN4O2S. The van der Waals surface area contributed by atoms with Crippen LogP contribution in [0.25, 0.3) is 0 Å². The number of aryl methyl sites for hydroxylation is 2. The minimum atomic E-state index is -3.70. The van der Waals surface area contributed by atoms with Crippen LogP contribution in [0.5, 0.6) is 0 Å². The number of hydrogen-bond donors (Lipinski definition) is 1. The lowest BCUT2D eigenvalue weighted by Crippen LogP contribution is -2.17. The minimum absolute atomic E-state index is 0.0110. The lowest BCUT2D eigenvalue weighted by molar-refractivity contribution is 0.578. The summed E-state index contributed by atoms with van der Waals surface area (Å²) in [4.78, 5) is 0. The summed E-state index contributed by atoms with van der Waals surface area (Å²) < 4.78 is 28.1. The van der Waals surface area contributed by atoms with Gasteiger partial charge in [0.25, 0.3) is 10.0 Å². The Balaban J connectivity index is 2.36. The Hall–Kier alpha value is -1.41. The maximum absolute atomic E-state index is 12.1. The van der Waals surface area contributed by atoms with Gasteiger partial charge < -0.3 is 0 Å². The van der Waals surface area contributed by atoms with Gasteiger partial charge in [-0.1, -0.05) is 22.9 Å². The van der Waals surface area contributed by atoms with Crippen molar-refractivity contribution in [1.82, 2.24) is 15.0 Å². The summed E-state index contributed by atoms with van der Waals surface area (Å²) in [6.07, 6.45) is 0. The molecule has 0 bridgehead atoms. The van der Waals surface area contributed by atoms with E-state index in [4.69, 9.17) is 0 Å². The molecule has 0 fully saturated rings. The van der Waals surface area contributed by atoms with E-state index in [0.29, 0.717) is 5.69 Å². The Morgan fingerprint density at radius 3 is 2.39 bits per heavy atom. The van der Waals surface area contributed by atoms with Crippen molar-refractivity contribution < 1.29 is 8.42 Å². The Labute approximate surface area is 113 Å². The maximum Gasteiger partial charge on any atom is 0.281 e. The first-order valence-electron chi connectivity index (χ1n) is 5.05. The molecule has 8 heteroatoms. The highest BCUT2D eigenvalue weighted by atomic mass is 79.9. The first-order chi connectivity index (χ1) is 8.40. The third-order valence-corrected chi connectivity index (χ3v) is 4.56. The highest BCUT2D eigenvalue weighted by molar-refractivity contribution is 9.10. The summed E-state index contributed by atoms with van der Waals surface area (Å²) in [5.41, 5.74) is 1.55. The molecule has 0 spiro atoms. The van der Waals surface area contributed by atoms with Gasteiger partial charge >= 0.3 is 0 Å². The van der Waals surface area contributed by atoms with Crippen LogP contribution in [0.3, 0.4) is 0 Å². The Morgan fingerprint density at radius 2 is 1.89 bits per heavy atom. The number of benzene rings is 1. The van der Waals surface area contributed by atoms with Crippen molar-refractivity contribution in [2.45, 2.75) is 11.9 Å². The molecule has 0 amide bonds. The molecular weight excluding hydrogens is 320 g/mol. The number of nitrogens with zero attached hydrogens (tertiary/aromatic N) is 3. The van der Waals surface area contributed by atoms with Crippen LogP contribution in [0, 0.1) is 6.92 Å². The predicted octanol–water partition coefficient (Wildman–Crippen LogP) is 1.69. The molecule has 1 N–H and O–H groups in total. The summed E-state index contributed by atoms with van der Waals surface area (Å²) in [7, 11) is -2.19. The molecule has 18 heavy (non-hydrogen) atoms. The number of hydrogen-bond acceptors (Lipinski definition) is 4. The molecule has 0 saturated heterocycles. The van der Waals surface area contributed by atoms with Gasteiger partial charge in [0, 0.05) is 12.7 Å². The predicted molar refractivity (Wildman–Crippen MR) is 70.7 cm³/mol. The highest BCUT2D eigenvalue weighted by Crippen LogP contribution is 2.21. The zero-order chi connectivity index (χ0) is 13.3. The molecule has 0 aliphatic carbocycles. The lowest BCUT2D eigenvalue weighted by Gasteiger charge is -2.08. The highest BCUT2D eigenvalue weighted by Gasteiger charge is 2.23. The average molecular weight is 331 g/mol. The van der Waals surface area contributed by atoms with Gasteiger partial charge in [-0.15, -0.1) is 5.10 Å². The molecule has 2 aromatic rings. The maximum atomic E-state index is 12.1. The van der Waals surface area contributed by atoms with E-state index in [1.165, 1.54) is 11.7 Å². The topological polar surface area (TPSA) is 76.9 Å². The van der Waals surface area contributed by atoms with Gasteiger partial charge in [-0.2, -0.15) is 8.42 Å². The van der Waals surface area contributed by atoms with Crippen molar-refractivity contribution >= 4 is 31.6 Å². The van der Waals surface area contributed by atoms with Crippen molar-refractivity contribution in [3.8, 4) is 0 Å². The van der Waals surface area contributed by atoms with Crippen molar-refractivity contribution in [2.24, 2.45) is 7.05 Å². The van der Waals surface area contributed by atoms with Gasteiger partial charge in [-0.3, -0.25) is 4.72 Å². The van der Waals surface area contributed by atoms with Crippen molar-refractivity contribution in [3.63, 3.8) is 0 Å². The average Bonchev–Trinajstić information content (AvgIpc) is 2.62. The fourth-order valence-electron chi connectivity index (χ4n) is 1.43. The smallest absolute Gasteiger partial charge is 0.278 e. The van der Waals surface area contributed by atoms with Crippen molar-refractivity contribution in [1.29, 1.82) is 0 Å². The molecule has 0 radical (unpaired) electrons. The molecule has 1 heterocycles. The quantitative estimate of drug-likeness (QED) is 0.928. The fourth-order valence-corrected chi connectivity index (χ4v) is 3.59. The van der Waals surface area contributed by atoms with Crippen molar-refractivity contribution in [2.75, 3.05) is 4.72 Å². The monoisotopic (exact) mass is 330 g/mol. The van der Waals surface area contributed by atoms with Gasteiger partial charge in [0.1, 0.15) is 0 Å². The van der Waals surface area contributed by atoms with E-state index in [9.17, 15) is 8.42 Å². The standard InChI is InChI=1S/C10H11BrN4O2S/c1-7-3-5-8(6-4-7)13-18(16,17)10-9(11)12-14-15(10)2/h3-6,13H,1-2H3. The Morgan fingerprint density at radius 1 is 1.28 bits per heavy atom. The molecule has 96 valence electrons. The van der Waals surface area contributed by atoms with Crippen LogP contribution in [-0.4, -0.2) is 23.4 Å². The Bertz CT molecular complexity index is 644. The van der Waals surface area contributed by atoms with E-state index < -0.39 is 10.0 Å². The second-order valence-electron chi connectivity index (χ2n) is 3.78. The summed E-state index contributed by atoms with van der Waals surface area (Å²) in [6.45, 7) is 1.93. The number of anilines is 1. The molecule has 0 aliphatic heterocycles. The molecule has 0 atom stereocenters. The summed E-state index contributed by atoms with van der Waals surface area (Å²) in [5.74, 6) is 0. The normalized spacial score (nSPS) is 11.5. The number of nitrogens with one attached hydrogen (secondary N) is 1. The number of rotatable bonds is 3. The summed E-state index contributed by atoms with van der Waals surface area (Å²) in [5, 5.41) is 7.28. The van der Waals surface area contributed by atoms with Crippen LogP contribution < -0.4 is 4.72 Å². The van der Waals surface area contributed by atoms with Crippen LogP contribution in [0.4, 0.5) is 5.69 Å². The van der Waals surface area contributed by atoms with E-state index in [1.54, 1.807) is 12.1 Å². The van der Waals surface area contributed by atoms with E-state index in [1.807, 2.05) is 19.1 Å². The van der Waals surface area contributed by atoms with Gasteiger partial charge in [0.05, 0.1) is 0 Å². The Kier molecular flexibility index (Phi) is 3.40. The van der Waals surface area contributed by atoms with Gasteiger partial charge in [-0.25, -0.2) is 4.68 Å². The molecule has 1 aromatic carbocycles. The number of halogens is 1. The molecule has 1 aromatic heterocycles. The second-order valence-corrected chi connectivity index (χ2v) is 6.13. The van der Waals surface area contributed by atoms with E-state index in [0.717, 1.165) is 5.56 Å². The van der Waals surface area contributed by atoms with Crippen molar-refractivity contribution in [3.05, 3.63) is 34.4 Å². The molecule has 2 rings (SSSR count). The lowest BCUT2D eigenvalue weighted by atomic mass is 10.2. The third kappa shape index (κ3) is 2.54. The van der Waals surface area contributed by atoms with E-state index >= 15 is 0 Å². The van der Waals surface area contributed by atoms with Gasteiger partial charge in [0.2, 0.25) is 5.03 Å². The second kappa shape index (κ2) is 4.69. The molecule has 0 unspecified atom stereocenters. The largest absolute Gasteiger partial charge is 0.281 e. The zero-order valence-corrected chi connectivity index (χ0v) is 12.2. The molecule has 6 nitrogen and oxygen atoms in total. The zero-order valence-electron chi connectivity index (χ0n) is 9.75.